The minimum absolute atomic E-state index is 0.354. The Kier molecular flexibility index (Phi) is 3.11. The molecule has 1 aromatic rings. The maximum Gasteiger partial charge on any atom is 0.130 e. The molecule has 1 heterocycles. The second-order valence-corrected chi connectivity index (χ2v) is 3.72. The predicted molar refractivity (Wildman–Crippen MR) is 56.4 cm³/mol. The average Bonchev–Trinajstić information content (AvgIpc) is 2.25. The normalized spacial score (nSPS) is 16.5. The maximum absolute atomic E-state index is 13.3. The summed E-state index contributed by atoms with van der Waals surface area (Å²) in [7, 11) is 0. The molecule has 1 nitrogen and oxygen atoms in total. The topological polar surface area (TPSA) is 12.0 Å². The molecule has 1 fully saturated rings. The van der Waals surface area contributed by atoms with Crippen molar-refractivity contribution in [1.29, 1.82) is 0 Å². The summed E-state index contributed by atoms with van der Waals surface area (Å²) in [5, 5.41) is 3.22. The SMILES string of the molecule is Fc1ccc(F)c(C=C2CCNCC2)c1. The van der Waals surface area contributed by atoms with Crippen molar-refractivity contribution in [2.45, 2.75) is 12.8 Å². The molecule has 0 unspecified atom stereocenters. The van der Waals surface area contributed by atoms with E-state index < -0.39 is 5.82 Å². The monoisotopic (exact) mass is 209 g/mol. The van der Waals surface area contributed by atoms with Crippen LogP contribution in [0.25, 0.3) is 6.08 Å². The maximum atomic E-state index is 13.3. The van der Waals surface area contributed by atoms with Gasteiger partial charge in [-0.2, -0.15) is 0 Å². The summed E-state index contributed by atoms with van der Waals surface area (Å²) < 4.78 is 26.2. The van der Waals surface area contributed by atoms with Gasteiger partial charge in [0.1, 0.15) is 11.6 Å². The van der Waals surface area contributed by atoms with E-state index in [1.165, 1.54) is 17.7 Å². The van der Waals surface area contributed by atoms with E-state index >= 15 is 0 Å². The van der Waals surface area contributed by atoms with Gasteiger partial charge in [0, 0.05) is 5.56 Å². The Morgan fingerprint density at radius 2 is 1.87 bits per heavy atom. The van der Waals surface area contributed by atoms with Crippen LogP contribution in [-0.4, -0.2) is 13.1 Å². The molecular weight excluding hydrogens is 196 g/mol. The van der Waals surface area contributed by atoms with Crippen LogP contribution in [0.4, 0.5) is 8.78 Å². The van der Waals surface area contributed by atoms with E-state index in [1.54, 1.807) is 6.08 Å². The molecule has 1 saturated heterocycles. The van der Waals surface area contributed by atoms with Gasteiger partial charge in [-0.3, -0.25) is 0 Å². The highest BCUT2D eigenvalue weighted by Gasteiger charge is 2.06. The van der Waals surface area contributed by atoms with Crippen molar-refractivity contribution in [3.05, 3.63) is 41.0 Å². The molecule has 15 heavy (non-hydrogen) atoms. The van der Waals surface area contributed by atoms with E-state index in [0.717, 1.165) is 32.0 Å². The smallest absolute Gasteiger partial charge is 0.130 e. The first-order valence-electron chi connectivity index (χ1n) is 5.11. The Morgan fingerprint density at radius 3 is 2.60 bits per heavy atom. The zero-order chi connectivity index (χ0) is 10.7. The van der Waals surface area contributed by atoms with Gasteiger partial charge >= 0.3 is 0 Å². The summed E-state index contributed by atoms with van der Waals surface area (Å²) in [6.07, 6.45) is 3.59. The molecule has 1 aromatic carbocycles. The molecule has 0 spiro atoms. The van der Waals surface area contributed by atoms with Crippen molar-refractivity contribution in [1.82, 2.24) is 5.32 Å². The highest BCUT2D eigenvalue weighted by molar-refractivity contribution is 5.53. The standard InChI is InChI=1S/C12H13F2N/c13-11-1-2-12(14)10(8-11)7-9-3-5-15-6-4-9/h1-2,7-8,15H,3-6H2. The summed E-state index contributed by atoms with van der Waals surface area (Å²) >= 11 is 0. The van der Waals surface area contributed by atoms with Gasteiger partial charge in [0.2, 0.25) is 0 Å². The zero-order valence-electron chi connectivity index (χ0n) is 8.39. The Labute approximate surface area is 87.8 Å². The lowest BCUT2D eigenvalue weighted by Gasteiger charge is -2.15. The van der Waals surface area contributed by atoms with E-state index in [9.17, 15) is 8.78 Å². The molecule has 1 aliphatic rings. The zero-order valence-corrected chi connectivity index (χ0v) is 8.39. The molecule has 1 N–H and O–H groups in total. The van der Waals surface area contributed by atoms with Gasteiger partial charge in [0.05, 0.1) is 0 Å². The van der Waals surface area contributed by atoms with Gasteiger partial charge in [0.25, 0.3) is 0 Å². The highest BCUT2D eigenvalue weighted by Crippen LogP contribution is 2.18. The molecule has 0 aliphatic carbocycles. The number of benzene rings is 1. The van der Waals surface area contributed by atoms with Crippen molar-refractivity contribution >= 4 is 6.08 Å². The van der Waals surface area contributed by atoms with E-state index in [0.29, 0.717) is 5.56 Å². The summed E-state index contributed by atoms with van der Waals surface area (Å²) in [6.45, 7) is 1.84. The minimum Gasteiger partial charge on any atom is -0.316 e. The molecule has 0 radical (unpaired) electrons. The largest absolute Gasteiger partial charge is 0.316 e. The number of nitrogens with one attached hydrogen (secondary N) is 1. The van der Waals surface area contributed by atoms with Crippen LogP contribution in [-0.2, 0) is 0 Å². The highest BCUT2D eigenvalue weighted by atomic mass is 19.1. The molecule has 0 amide bonds. The number of halogens is 2. The van der Waals surface area contributed by atoms with Crippen LogP contribution >= 0.6 is 0 Å². The number of rotatable bonds is 1. The first-order chi connectivity index (χ1) is 7.25. The fourth-order valence-corrected chi connectivity index (χ4v) is 1.74. The van der Waals surface area contributed by atoms with Crippen LogP contribution in [0.2, 0.25) is 0 Å². The summed E-state index contributed by atoms with van der Waals surface area (Å²) in [5.41, 5.74) is 1.53. The quantitative estimate of drug-likeness (QED) is 0.749. The van der Waals surface area contributed by atoms with Crippen LogP contribution in [0.1, 0.15) is 18.4 Å². The van der Waals surface area contributed by atoms with Gasteiger partial charge in [0.15, 0.2) is 0 Å². The van der Waals surface area contributed by atoms with Gasteiger partial charge in [-0.15, -0.1) is 0 Å². The van der Waals surface area contributed by atoms with Gasteiger partial charge in [-0.25, -0.2) is 8.78 Å². The Bertz CT molecular complexity index is 377. The summed E-state index contributed by atoms with van der Waals surface area (Å²) in [6, 6.07) is 3.55. The molecule has 2 rings (SSSR count). The van der Waals surface area contributed by atoms with Crippen molar-refractivity contribution in [3.63, 3.8) is 0 Å². The van der Waals surface area contributed by atoms with Crippen LogP contribution in [0.15, 0.2) is 23.8 Å². The lowest BCUT2D eigenvalue weighted by Crippen LogP contribution is -2.22. The van der Waals surface area contributed by atoms with Crippen molar-refractivity contribution < 1.29 is 8.78 Å². The third kappa shape index (κ3) is 2.63. The average molecular weight is 209 g/mol. The van der Waals surface area contributed by atoms with Crippen LogP contribution < -0.4 is 5.32 Å². The van der Waals surface area contributed by atoms with E-state index in [-0.39, 0.29) is 5.82 Å². The number of hydrogen-bond acceptors (Lipinski definition) is 1. The van der Waals surface area contributed by atoms with E-state index in [4.69, 9.17) is 0 Å². The number of hydrogen-bond donors (Lipinski definition) is 1. The third-order valence-corrected chi connectivity index (χ3v) is 2.56. The molecule has 0 bridgehead atoms. The molecule has 1 aliphatic heterocycles. The molecule has 0 atom stereocenters. The summed E-state index contributed by atoms with van der Waals surface area (Å²) in [5.74, 6) is -0.750. The Balaban J connectivity index is 2.25. The predicted octanol–water partition coefficient (Wildman–Crippen LogP) is 2.73. The lowest BCUT2D eigenvalue weighted by molar-refractivity contribution is 0.595. The van der Waals surface area contributed by atoms with Crippen molar-refractivity contribution in [2.75, 3.05) is 13.1 Å². The minimum atomic E-state index is -0.391. The molecular formula is C12H13F2N. The number of piperidine rings is 1. The van der Waals surface area contributed by atoms with Crippen LogP contribution in [0, 0.1) is 11.6 Å². The first-order valence-corrected chi connectivity index (χ1v) is 5.11. The van der Waals surface area contributed by atoms with E-state index in [1.807, 2.05) is 0 Å². The Hall–Kier alpha value is -1.22. The Morgan fingerprint density at radius 1 is 1.13 bits per heavy atom. The first kappa shape index (κ1) is 10.3. The van der Waals surface area contributed by atoms with Crippen molar-refractivity contribution in [2.24, 2.45) is 0 Å². The lowest BCUT2D eigenvalue weighted by atomic mass is 10.0. The van der Waals surface area contributed by atoms with Crippen molar-refractivity contribution in [3.8, 4) is 0 Å². The molecule has 3 heteroatoms. The second kappa shape index (κ2) is 4.53. The van der Waals surface area contributed by atoms with E-state index in [2.05, 4.69) is 5.32 Å². The van der Waals surface area contributed by atoms with Gasteiger partial charge in [-0.05, 0) is 44.1 Å². The molecule has 80 valence electrons. The second-order valence-electron chi connectivity index (χ2n) is 3.72. The summed E-state index contributed by atoms with van der Waals surface area (Å²) in [4.78, 5) is 0. The molecule has 0 aromatic heterocycles. The van der Waals surface area contributed by atoms with Crippen LogP contribution in [0.5, 0.6) is 0 Å². The fraction of sp³-hybridized carbons (Fsp3) is 0.333. The fourth-order valence-electron chi connectivity index (χ4n) is 1.74. The van der Waals surface area contributed by atoms with Gasteiger partial charge < -0.3 is 5.32 Å². The van der Waals surface area contributed by atoms with Gasteiger partial charge in [-0.1, -0.05) is 11.6 Å². The third-order valence-electron chi connectivity index (χ3n) is 2.56. The molecule has 0 saturated carbocycles. The van der Waals surface area contributed by atoms with Crippen LogP contribution in [0.3, 0.4) is 0 Å².